The molecule has 1 aliphatic rings. The first-order valence-corrected chi connectivity index (χ1v) is 7.97. The van der Waals surface area contributed by atoms with Crippen LogP contribution in [0.2, 0.25) is 0 Å². The normalized spacial score (nSPS) is 20.3. The van der Waals surface area contributed by atoms with E-state index >= 15 is 0 Å². The van der Waals surface area contributed by atoms with Crippen LogP contribution < -0.4 is 10.5 Å². The van der Waals surface area contributed by atoms with Crippen LogP contribution >= 0.6 is 0 Å². The molecule has 1 heterocycles. The van der Waals surface area contributed by atoms with E-state index in [9.17, 15) is 8.42 Å². The van der Waals surface area contributed by atoms with Crippen LogP contribution in [-0.4, -0.2) is 25.3 Å². The summed E-state index contributed by atoms with van der Waals surface area (Å²) in [6, 6.07) is 6.46. The summed E-state index contributed by atoms with van der Waals surface area (Å²) in [6.07, 6.45) is 2.75. The largest absolute Gasteiger partial charge is 0.399 e. The van der Waals surface area contributed by atoms with Crippen LogP contribution in [0.4, 0.5) is 11.4 Å². The van der Waals surface area contributed by atoms with E-state index in [0.29, 0.717) is 12.2 Å². The Hall–Kier alpha value is -1.78. The summed E-state index contributed by atoms with van der Waals surface area (Å²) in [6.45, 7) is 2.40. The minimum Gasteiger partial charge on any atom is -0.399 e. The molecule has 0 radical (unpaired) electrons. The predicted octanol–water partition coefficient (Wildman–Crippen LogP) is 1.67. The number of benzene rings is 1. The molecule has 7 heteroatoms. The zero-order chi connectivity index (χ0) is 14.8. The molecular formula is C13H18N4O2S. The van der Waals surface area contributed by atoms with Crippen molar-refractivity contribution in [2.45, 2.75) is 32.2 Å². The zero-order valence-electron chi connectivity index (χ0n) is 11.3. The molecule has 0 spiro atoms. The van der Waals surface area contributed by atoms with Crippen molar-refractivity contribution in [1.29, 1.82) is 5.26 Å². The SMILES string of the molecule is CC1CCCCN1S(=O)(=O)Nc1ccc(N)cc1C#N. The molecule has 6 nitrogen and oxygen atoms in total. The van der Waals surface area contributed by atoms with Crippen molar-refractivity contribution in [3.63, 3.8) is 0 Å². The van der Waals surface area contributed by atoms with E-state index < -0.39 is 10.2 Å². The third-order valence-electron chi connectivity index (χ3n) is 3.45. The maximum atomic E-state index is 12.4. The molecule has 1 fully saturated rings. The summed E-state index contributed by atoms with van der Waals surface area (Å²) in [5.74, 6) is 0. The maximum Gasteiger partial charge on any atom is 0.301 e. The van der Waals surface area contributed by atoms with Crippen LogP contribution in [0.15, 0.2) is 18.2 Å². The maximum absolute atomic E-state index is 12.4. The van der Waals surface area contributed by atoms with Crippen LogP contribution in [0.1, 0.15) is 31.7 Å². The summed E-state index contributed by atoms with van der Waals surface area (Å²) in [4.78, 5) is 0. The molecule has 2 rings (SSSR count). The highest BCUT2D eigenvalue weighted by atomic mass is 32.2. The molecule has 20 heavy (non-hydrogen) atoms. The van der Waals surface area contributed by atoms with Crippen molar-refractivity contribution >= 4 is 21.6 Å². The van der Waals surface area contributed by atoms with Crippen molar-refractivity contribution in [3.8, 4) is 6.07 Å². The van der Waals surface area contributed by atoms with Gasteiger partial charge in [0.2, 0.25) is 0 Å². The Labute approximate surface area is 119 Å². The second-order valence-corrected chi connectivity index (χ2v) is 6.60. The van der Waals surface area contributed by atoms with Crippen LogP contribution in [0.3, 0.4) is 0 Å². The van der Waals surface area contributed by atoms with Gasteiger partial charge in [-0.15, -0.1) is 0 Å². The number of nitrogen functional groups attached to an aromatic ring is 1. The number of hydrogen-bond acceptors (Lipinski definition) is 4. The quantitative estimate of drug-likeness (QED) is 0.828. The summed E-state index contributed by atoms with van der Waals surface area (Å²) in [7, 11) is -3.64. The van der Waals surface area contributed by atoms with Crippen molar-refractivity contribution < 1.29 is 8.42 Å². The Balaban J connectivity index is 2.26. The molecule has 0 aromatic heterocycles. The zero-order valence-corrected chi connectivity index (χ0v) is 12.2. The van der Waals surface area contributed by atoms with Gasteiger partial charge >= 0.3 is 10.2 Å². The number of anilines is 2. The average molecular weight is 294 g/mol. The molecule has 1 aromatic carbocycles. The first-order chi connectivity index (χ1) is 9.44. The number of rotatable bonds is 3. The molecule has 0 bridgehead atoms. The van der Waals surface area contributed by atoms with E-state index in [1.165, 1.54) is 16.4 Å². The number of hydrogen-bond donors (Lipinski definition) is 2. The fraction of sp³-hybridized carbons (Fsp3) is 0.462. The average Bonchev–Trinajstić information content (AvgIpc) is 2.41. The van der Waals surface area contributed by atoms with Gasteiger partial charge in [0.1, 0.15) is 6.07 Å². The monoisotopic (exact) mass is 294 g/mol. The van der Waals surface area contributed by atoms with Gasteiger partial charge in [-0.2, -0.15) is 18.0 Å². The van der Waals surface area contributed by atoms with E-state index in [2.05, 4.69) is 4.72 Å². The van der Waals surface area contributed by atoms with Crippen molar-refractivity contribution in [1.82, 2.24) is 4.31 Å². The molecule has 0 aliphatic carbocycles. The van der Waals surface area contributed by atoms with Crippen molar-refractivity contribution in [2.75, 3.05) is 17.0 Å². The molecular weight excluding hydrogens is 276 g/mol. The lowest BCUT2D eigenvalue weighted by Crippen LogP contribution is -2.44. The second-order valence-electron chi connectivity index (χ2n) is 4.98. The van der Waals surface area contributed by atoms with Gasteiger partial charge in [-0.1, -0.05) is 6.42 Å². The number of nitrogens with one attached hydrogen (secondary N) is 1. The molecule has 3 N–H and O–H groups in total. The fourth-order valence-electron chi connectivity index (χ4n) is 2.37. The van der Waals surface area contributed by atoms with Crippen LogP contribution in [-0.2, 0) is 10.2 Å². The third kappa shape index (κ3) is 3.03. The van der Waals surface area contributed by atoms with Crippen LogP contribution in [0, 0.1) is 11.3 Å². The lowest BCUT2D eigenvalue weighted by Gasteiger charge is -2.32. The summed E-state index contributed by atoms with van der Waals surface area (Å²) >= 11 is 0. The fourth-order valence-corrected chi connectivity index (χ4v) is 3.89. The van der Waals surface area contributed by atoms with Gasteiger partial charge in [-0.3, -0.25) is 4.72 Å². The van der Waals surface area contributed by atoms with E-state index in [0.717, 1.165) is 19.3 Å². The number of nitriles is 1. The molecule has 1 aromatic rings. The number of nitrogens with two attached hydrogens (primary N) is 1. The first kappa shape index (κ1) is 14.6. The van der Waals surface area contributed by atoms with E-state index in [1.807, 2.05) is 13.0 Å². The van der Waals surface area contributed by atoms with E-state index in [1.54, 1.807) is 6.07 Å². The molecule has 0 saturated carbocycles. The molecule has 1 saturated heterocycles. The predicted molar refractivity (Wildman–Crippen MR) is 78.1 cm³/mol. The number of nitrogens with zero attached hydrogens (tertiary/aromatic N) is 2. The van der Waals surface area contributed by atoms with Crippen LogP contribution in [0.25, 0.3) is 0 Å². The first-order valence-electron chi connectivity index (χ1n) is 6.53. The Morgan fingerprint density at radius 3 is 2.85 bits per heavy atom. The topological polar surface area (TPSA) is 99.2 Å². The van der Waals surface area contributed by atoms with Gasteiger partial charge in [-0.25, -0.2) is 0 Å². The summed E-state index contributed by atoms with van der Waals surface area (Å²) in [5, 5.41) is 9.05. The minimum atomic E-state index is -3.64. The molecule has 1 unspecified atom stereocenters. The van der Waals surface area contributed by atoms with Gasteiger partial charge in [-0.05, 0) is 38.0 Å². The molecule has 1 aliphatic heterocycles. The van der Waals surface area contributed by atoms with E-state index in [-0.39, 0.29) is 17.3 Å². The highest BCUT2D eigenvalue weighted by Gasteiger charge is 2.29. The van der Waals surface area contributed by atoms with Gasteiger partial charge in [0.25, 0.3) is 0 Å². The van der Waals surface area contributed by atoms with Crippen molar-refractivity contribution in [3.05, 3.63) is 23.8 Å². The Bertz CT molecular complexity index is 636. The van der Waals surface area contributed by atoms with Crippen molar-refractivity contribution in [2.24, 2.45) is 0 Å². The highest BCUT2D eigenvalue weighted by molar-refractivity contribution is 7.90. The minimum absolute atomic E-state index is 0.0273. The summed E-state index contributed by atoms with van der Waals surface area (Å²) in [5.41, 5.74) is 6.50. The third-order valence-corrected chi connectivity index (χ3v) is 5.09. The Morgan fingerprint density at radius 1 is 1.45 bits per heavy atom. The van der Waals surface area contributed by atoms with E-state index in [4.69, 9.17) is 11.0 Å². The Morgan fingerprint density at radius 2 is 2.20 bits per heavy atom. The smallest absolute Gasteiger partial charge is 0.301 e. The van der Waals surface area contributed by atoms with Gasteiger partial charge < -0.3 is 5.73 Å². The number of piperidine rings is 1. The van der Waals surface area contributed by atoms with Crippen LogP contribution in [0.5, 0.6) is 0 Å². The lowest BCUT2D eigenvalue weighted by atomic mass is 10.1. The van der Waals surface area contributed by atoms with Gasteiger partial charge in [0, 0.05) is 18.3 Å². The highest BCUT2D eigenvalue weighted by Crippen LogP contribution is 2.24. The van der Waals surface area contributed by atoms with Gasteiger partial charge in [0.05, 0.1) is 11.3 Å². The molecule has 108 valence electrons. The Kier molecular flexibility index (Phi) is 4.16. The molecule has 1 atom stereocenters. The summed E-state index contributed by atoms with van der Waals surface area (Å²) < 4.78 is 28.7. The standard InChI is InChI=1S/C13H18N4O2S/c1-10-4-2-3-7-17(10)20(18,19)16-13-6-5-12(15)8-11(13)9-14/h5-6,8,10,16H,2-4,7,15H2,1H3. The molecule has 0 amide bonds. The van der Waals surface area contributed by atoms with Gasteiger partial charge in [0.15, 0.2) is 0 Å². The second kappa shape index (κ2) is 5.69. The lowest BCUT2D eigenvalue weighted by molar-refractivity contribution is 0.270.